The molecule has 0 fully saturated rings. The Labute approximate surface area is 164 Å². The van der Waals surface area contributed by atoms with Gasteiger partial charge in [0.15, 0.2) is 11.5 Å². The zero-order valence-corrected chi connectivity index (χ0v) is 16.2. The first-order chi connectivity index (χ1) is 13.5. The van der Waals surface area contributed by atoms with E-state index in [1.807, 2.05) is 19.2 Å². The first kappa shape index (κ1) is 19.7. The number of carbonyl (C=O) groups is 2. The highest BCUT2D eigenvalue weighted by atomic mass is 16.6. The molecular formula is C21H25N3O4. The molecule has 0 aliphatic carbocycles. The van der Waals surface area contributed by atoms with Crippen LogP contribution >= 0.6 is 0 Å². The van der Waals surface area contributed by atoms with E-state index in [1.54, 1.807) is 18.2 Å². The molecule has 148 valence electrons. The summed E-state index contributed by atoms with van der Waals surface area (Å²) >= 11 is 0. The summed E-state index contributed by atoms with van der Waals surface area (Å²) in [5.74, 6) is 0.893. The van der Waals surface area contributed by atoms with Crippen molar-refractivity contribution in [2.75, 3.05) is 32.1 Å². The van der Waals surface area contributed by atoms with Gasteiger partial charge in [0.25, 0.3) is 0 Å². The predicted molar refractivity (Wildman–Crippen MR) is 107 cm³/mol. The fourth-order valence-electron chi connectivity index (χ4n) is 2.92. The van der Waals surface area contributed by atoms with E-state index >= 15 is 0 Å². The Bertz CT molecular complexity index is 853. The number of amides is 3. The molecule has 7 nitrogen and oxygen atoms in total. The number of ether oxygens (including phenoxy) is 2. The highest BCUT2D eigenvalue weighted by Crippen LogP contribution is 2.32. The SMILES string of the molecule is Cc1ccccc1CN(C)CCC(=O)NC(=O)Nc1ccc2c(c1)OCCO2. The number of hydrogen-bond donors (Lipinski definition) is 2. The summed E-state index contributed by atoms with van der Waals surface area (Å²) in [5.41, 5.74) is 2.98. The van der Waals surface area contributed by atoms with Crippen LogP contribution in [0.15, 0.2) is 42.5 Å². The molecule has 0 unspecified atom stereocenters. The van der Waals surface area contributed by atoms with Crippen molar-refractivity contribution in [2.45, 2.75) is 19.9 Å². The number of nitrogens with zero attached hydrogens (tertiary/aromatic N) is 1. The van der Waals surface area contributed by atoms with Crippen LogP contribution in [0.4, 0.5) is 10.5 Å². The predicted octanol–water partition coefficient (Wildman–Crippen LogP) is 2.94. The van der Waals surface area contributed by atoms with Crippen LogP contribution in [-0.2, 0) is 11.3 Å². The Kier molecular flexibility index (Phi) is 6.49. The van der Waals surface area contributed by atoms with Gasteiger partial charge in [0.05, 0.1) is 0 Å². The third-order valence-corrected chi connectivity index (χ3v) is 4.48. The summed E-state index contributed by atoms with van der Waals surface area (Å²) in [4.78, 5) is 26.2. The number of hydrogen-bond acceptors (Lipinski definition) is 5. The van der Waals surface area contributed by atoms with Crippen LogP contribution in [-0.4, -0.2) is 43.6 Å². The third kappa shape index (κ3) is 5.47. The van der Waals surface area contributed by atoms with Crippen LogP contribution in [0.3, 0.4) is 0 Å². The summed E-state index contributed by atoms with van der Waals surface area (Å²) in [6, 6.07) is 12.7. The molecule has 0 atom stereocenters. The van der Waals surface area contributed by atoms with E-state index in [0.29, 0.717) is 36.9 Å². The second kappa shape index (κ2) is 9.23. The Morgan fingerprint density at radius 2 is 1.82 bits per heavy atom. The molecule has 2 aromatic rings. The maximum atomic E-state index is 12.1. The van der Waals surface area contributed by atoms with Crippen LogP contribution in [0.25, 0.3) is 0 Å². The van der Waals surface area contributed by atoms with E-state index in [9.17, 15) is 9.59 Å². The second-order valence-corrected chi connectivity index (χ2v) is 6.78. The molecule has 2 N–H and O–H groups in total. The minimum Gasteiger partial charge on any atom is -0.486 e. The molecular weight excluding hydrogens is 358 g/mol. The Balaban J connectivity index is 1.43. The Morgan fingerprint density at radius 3 is 2.61 bits per heavy atom. The van der Waals surface area contributed by atoms with Crippen molar-refractivity contribution in [2.24, 2.45) is 0 Å². The van der Waals surface area contributed by atoms with Gasteiger partial charge in [-0.2, -0.15) is 0 Å². The number of carbonyl (C=O) groups excluding carboxylic acids is 2. The number of urea groups is 1. The Hall–Kier alpha value is -3.06. The van der Waals surface area contributed by atoms with Gasteiger partial charge in [-0.1, -0.05) is 24.3 Å². The molecule has 0 saturated heterocycles. The number of aryl methyl sites for hydroxylation is 1. The number of nitrogens with one attached hydrogen (secondary N) is 2. The minimum atomic E-state index is -0.566. The van der Waals surface area contributed by atoms with Crippen molar-refractivity contribution >= 4 is 17.6 Å². The van der Waals surface area contributed by atoms with Crippen molar-refractivity contribution in [1.29, 1.82) is 0 Å². The molecule has 3 amide bonds. The van der Waals surface area contributed by atoms with Gasteiger partial charge in [0.1, 0.15) is 13.2 Å². The summed E-state index contributed by atoms with van der Waals surface area (Å²) in [6.45, 7) is 4.35. The molecule has 1 heterocycles. The largest absolute Gasteiger partial charge is 0.486 e. The molecule has 0 bridgehead atoms. The van der Waals surface area contributed by atoms with Gasteiger partial charge in [0.2, 0.25) is 5.91 Å². The van der Waals surface area contributed by atoms with Crippen molar-refractivity contribution in [3.8, 4) is 11.5 Å². The van der Waals surface area contributed by atoms with Crippen LogP contribution < -0.4 is 20.1 Å². The number of fused-ring (bicyclic) bond motifs is 1. The summed E-state index contributed by atoms with van der Waals surface area (Å²) < 4.78 is 10.9. The molecule has 0 radical (unpaired) electrons. The van der Waals surface area contributed by atoms with Crippen LogP contribution in [0, 0.1) is 6.92 Å². The lowest BCUT2D eigenvalue weighted by molar-refractivity contribution is -0.120. The fourth-order valence-corrected chi connectivity index (χ4v) is 2.92. The lowest BCUT2D eigenvalue weighted by Crippen LogP contribution is -2.36. The van der Waals surface area contributed by atoms with Gasteiger partial charge in [0, 0.05) is 31.3 Å². The normalized spacial score (nSPS) is 12.5. The van der Waals surface area contributed by atoms with E-state index in [4.69, 9.17) is 9.47 Å². The van der Waals surface area contributed by atoms with E-state index in [2.05, 4.69) is 34.6 Å². The molecule has 1 aliphatic rings. The molecule has 2 aromatic carbocycles. The quantitative estimate of drug-likeness (QED) is 0.802. The first-order valence-electron chi connectivity index (χ1n) is 9.25. The van der Waals surface area contributed by atoms with E-state index in [1.165, 1.54) is 11.1 Å². The minimum absolute atomic E-state index is 0.233. The average molecular weight is 383 g/mol. The van der Waals surface area contributed by atoms with E-state index in [0.717, 1.165) is 6.54 Å². The maximum Gasteiger partial charge on any atom is 0.325 e. The molecule has 1 aliphatic heterocycles. The van der Waals surface area contributed by atoms with Gasteiger partial charge in [-0.05, 0) is 37.2 Å². The van der Waals surface area contributed by atoms with E-state index < -0.39 is 6.03 Å². The van der Waals surface area contributed by atoms with Gasteiger partial charge < -0.3 is 19.7 Å². The Morgan fingerprint density at radius 1 is 1.07 bits per heavy atom. The van der Waals surface area contributed by atoms with Crippen LogP contribution in [0.2, 0.25) is 0 Å². The number of anilines is 1. The third-order valence-electron chi connectivity index (χ3n) is 4.48. The molecule has 0 saturated carbocycles. The summed E-state index contributed by atoms with van der Waals surface area (Å²) in [7, 11) is 1.95. The molecule has 28 heavy (non-hydrogen) atoms. The smallest absolute Gasteiger partial charge is 0.325 e. The lowest BCUT2D eigenvalue weighted by atomic mass is 10.1. The van der Waals surface area contributed by atoms with Gasteiger partial charge in [-0.15, -0.1) is 0 Å². The van der Waals surface area contributed by atoms with Gasteiger partial charge in [-0.25, -0.2) is 4.79 Å². The fraction of sp³-hybridized carbons (Fsp3) is 0.333. The monoisotopic (exact) mass is 383 g/mol. The van der Waals surface area contributed by atoms with Crippen molar-refractivity contribution < 1.29 is 19.1 Å². The lowest BCUT2D eigenvalue weighted by Gasteiger charge is -2.19. The zero-order valence-electron chi connectivity index (χ0n) is 16.2. The van der Waals surface area contributed by atoms with Crippen LogP contribution in [0.5, 0.6) is 11.5 Å². The molecule has 0 spiro atoms. The number of rotatable bonds is 6. The van der Waals surface area contributed by atoms with E-state index in [-0.39, 0.29) is 12.3 Å². The van der Waals surface area contributed by atoms with Gasteiger partial charge >= 0.3 is 6.03 Å². The molecule has 3 rings (SSSR count). The van der Waals surface area contributed by atoms with Crippen molar-refractivity contribution in [3.05, 3.63) is 53.6 Å². The highest BCUT2D eigenvalue weighted by Gasteiger charge is 2.14. The summed E-state index contributed by atoms with van der Waals surface area (Å²) in [5, 5.41) is 4.99. The highest BCUT2D eigenvalue weighted by molar-refractivity contribution is 6.01. The summed E-state index contributed by atoms with van der Waals surface area (Å²) in [6.07, 6.45) is 0.233. The standard InChI is InChI=1S/C21H25N3O4/c1-15-5-3-4-6-16(15)14-24(2)10-9-20(25)23-21(26)22-17-7-8-18-19(13-17)28-12-11-27-18/h3-8,13H,9-12,14H2,1-2H3,(H2,22,23,25,26). The van der Waals surface area contributed by atoms with Crippen molar-refractivity contribution in [1.82, 2.24) is 10.2 Å². The average Bonchev–Trinajstić information content (AvgIpc) is 2.68. The molecule has 7 heteroatoms. The van der Waals surface area contributed by atoms with Crippen molar-refractivity contribution in [3.63, 3.8) is 0 Å². The second-order valence-electron chi connectivity index (χ2n) is 6.78. The number of benzene rings is 2. The van der Waals surface area contributed by atoms with Crippen LogP contribution in [0.1, 0.15) is 17.5 Å². The maximum absolute atomic E-state index is 12.1. The first-order valence-corrected chi connectivity index (χ1v) is 9.25. The topological polar surface area (TPSA) is 79.9 Å². The number of imide groups is 1. The zero-order chi connectivity index (χ0) is 19.9. The van der Waals surface area contributed by atoms with Gasteiger partial charge in [-0.3, -0.25) is 10.1 Å². The molecule has 0 aromatic heterocycles.